The fraction of sp³-hybridized carbons (Fsp3) is 0. The summed E-state index contributed by atoms with van der Waals surface area (Å²) in [5.74, 6) is -1.08. The molecule has 0 radical (unpaired) electrons. The largest absolute Gasteiger partial charge is 0.321 e. The number of amides is 1. The van der Waals surface area contributed by atoms with Gasteiger partial charge in [0.1, 0.15) is 17.5 Å². The Kier molecular flexibility index (Phi) is 6.48. The summed E-state index contributed by atoms with van der Waals surface area (Å²) in [7, 11) is -3.83. The summed E-state index contributed by atoms with van der Waals surface area (Å²) < 4.78 is 40.4. The molecule has 0 aliphatic rings. The third kappa shape index (κ3) is 5.17. The van der Waals surface area contributed by atoms with E-state index >= 15 is 0 Å². The van der Waals surface area contributed by atoms with Crippen molar-refractivity contribution in [3.8, 4) is 17.3 Å². The highest BCUT2D eigenvalue weighted by atomic mass is 32.2. The summed E-state index contributed by atoms with van der Waals surface area (Å²) in [5.41, 5.74) is 1.71. The Morgan fingerprint density at radius 3 is 2.53 bits per heavy atom. The number of halogens is 1. The number of carbonyl (C=O) groups is 1. The molecule has 2 aromatic heterocycles. The zero-order valence-electron chi connectivity index (χ0n) is 17.2. The molecular formula is C22H15FN6O3S2. The van der Waals surface area contributed by atoms with Gasteiger partial charge in [-0.05, 0) is 54.6 Å². The molecule has 0 aliphatic carbocycles. The van der Waals surface area contributed by atoms with E-state index in [1.807, 2.05) is 6.07 Å². The number of aromatic amines is 1. The summed E-state index contributed by atoms with van der Waals surface area (Å²) in [6.45, 7) is 0. The maximum absolute atomic E-state index is 13.2. The molecule has 1 amide bonds. The second kappa shape index (κ2) is 9.65. The lowest BCUT2D eigenvalue weighted by molar-refractivity contribution is -0.112. The van der Waals surface area contributed by atoms with Crippen LogP contribution in [0, 0.1) is 17.1 Å². The molecule has 34 heavy (non-hydrogen) atoms. The van der Waals surface area contributed by atoms with Gasteiger partial charge in [0.25, 0.3) is 15.9 Å². The summed E-state index contributed by atoms with van der Waals surface area (Å²) in [4.78, 5) is 16.5. The van der Waals surface area contributed by atoms with Crippen LogP contribution < -0.4 is 10.0 Å². The standard InChI is InChI=1S/C22H15FN6O3S2/c23-17-3-1-14(2-4-17)20-16(13-26-28-20)11-15(12-24)21(30)27-18-5-7-19(8-6-18)34(31,32)29-22-25-9-10-33-22/h1-11,13H,(H,25,29)(H,26,28)(H,27,30)/b15-11+. The van der Waals surface area contributed by atoms with E-state index in [4.69, 9.17) is 0 Å². The van der Waals surface area contributed by atoms with Crippen molar-refractivity contribution in [3.05, 3.63) is 83.3 Å². The van der Waals surface area contributed by atoms with Crippen molar-refractivity contribution in [3.63, 3.8) is 0 Å². The number of nitrogens with zero attached hydrogens (tertiary/aromatic N) is 3. The number of benzene rings is 2. The Hall–Kier alpha value is -4.34. The second-order valence-corrected chi connectivity index (χ2v) is 9.38. The molecule has 2 aromatic carbocycles. The molecule has 3 N–H and O–H groups in total. The summed E-state index contributed by atoms with van der Waals surface area (Å²) in [6.07, 6.45) is 4.28. The first-order chi connectivity index (χ1) is 16.4. The van der Waals surface area contributed by atoms with E-state index in [1.54, 1.807) is 17.5 Å². The molecule has 4 rings (SSSR count). The molecule has 170 valence electrons. The zero-order valence-corrected chi connectivity index (χ0v) is 18.8. The first kappa shape index (κ1) is 22.8. The minimum atomic E-state index is -3.83. The van der Waals surface area contributed by atoms with Gasteiger partial charge in [-0.25, -0.2) is 17.8 Å². The van der Waals surface area contributed by atoms with Crippen molar-refractivity contribution in [1.82, 2.24) is 15.2 Å². The molecule has 2 heterocycles. The maximum atomic E-state index is 13.2. The predicted octanol–water partition coefficient (Wildman–Crippen LogP) is 4.02. The molecule has 0 unspecified atom stereocenters. The Balaban J connectivity index is 1.50. The minimum absolute atomic E-state index is 0.0147. The van der Waals surface area contributed by atoms with Gasteiger partial charge in [-0.15, -0.1) is 11.3 Å². The minimum Gasteiger partial charge on any atom is -0.321 e. The van der Waals surface area contributed by atoms with Crippen molar-refractivity contribution in [1.29, 1.82) is 5.26 Å². The topological polar surface area (TPSA) is 141 Å². The SMILES string of the molecule is N#C/C(=C\c1cn[nH]c1-c1ccc(F)cc1)C(=O)Nc1ccc(S(=O)(=O)Nc2nccs2)cc1. The molecule has 0 atom stereocenters. The van der Waals surface area contributed by atoms with Crippen molar-refractivity contribution in [2.24, 2.45) is 0 Å². The van der Waals surface area contributed by atoms with Gasteiger partial charge in [-0.1, -0.05) is 0 Å². The Bertz CT molecular complexity index is 1490. The number of nitrogens with one attached hydrogen (secondary N) is 3. The summed E-state index contributed by atoms with van der Waals surface area (Å²) in [6, 6.07) is 13.0. The molecule has 9 nitrogen and oxygen atoms in total. The van der Waals surface area contributed by atoms with Gasteiger partial charge < -0.3 is 5.32 Å². The number of rotatable bonds is 7. The smallest absolute Gasteiger partial charge is 0.266 e. The highest BCUT2D eigenvalue weighted by molar-refractivity contribution is 7.93. The lowest BCUT2D eigenvalue weighted by Crippen LogP contribution is -2.15. The van der Waals surface area contributed by atoms with Crippen molar-refractivity contribution >= 4 is 44.2 Å². The number of sulfonamides is 1. The monoisotopic (exact) mass is 494 g/mol. The van der Waals surface area contributed by atoms with Crippen LogP contribution in [0.5, 0.6) is 0 Å². The molecule has 0 saturated heterocycles. The molecule has 0 saturated carbocycles. The highest BCUT2D eigenvalue weighted by Crippen LogP contribution is 2.24. The molecule has 0 aliphatic heterocycles. The summed E-state index contributed by atoms with van der Waals surface area (Å²) in [5, 5.41) is 20.6. The average Bonchev–Trinajstić information content (AvgIpc) is 3.50. The second-order valence-electron chi connectivity index (χ2n) is 6.80. The van der Waals surface area contributed by atoms with E-state index in [1.165, 1.54) is 54.9 Å². The molecule has 4 aromatic rings. The van der Waals surface area contributed by atoms with Crippen LogP contribution in [0.1, 0.15) is 5.56 Å². The molecular weight excluding hydrogens is 479 g/mol. The van der Waals surface area contributed by atoms with E-state index in [0.717, 1.165) is 11.3 Å². The van der Waals surface area contributed by atoms with E-state index in [2.05, 4.69) is 25.2 Å². The first-order valence-corrected chi connectivity index (χ1v) is 12.0. The van der Waals surface area contributed by atoms with E-state index in [9.17, 15) is 22.9 Å². The number of carbonyl (C=O) groups excluding carboxylic acids is 1. The number of hydrogen-bond donors (Lipinski definition) is 3. The number of H-pyrrole nitrogens is 1. The van der Waals surface area contributed by atoms with Crippen LogP contribution in [0.2, 0.25) is 0 Å². The van der Waals surface area contributed by atoms with Crippen molar-refractivity contribution in [2.45, 2.75) is 4.90 Å². The van der Waals surface area contributed by atoms with Gasteiger partial charge in [0.2, 0.25) is 0 Å². The van der Waals surface area contributed by atoms with Crippen LogP contribution in [-0.2, 0) is 14.8 Å². The number of nitriles is 1. The van der Waals surface area contributed by atoms with Gasteiger partial charge in [0.05, 0.1) is 16.8 Å². The van der Waals surface area contributed by atoms with Gasteiger partial charge in [-0.3, -0.25) is 14.6 Å². The Morgan fingerprint density at radius 1 is 1.15 bits per heavy atom. The Morgan fingerprint density at radius 2 is 1.88 bits per heavy atom. The van der Waals surface area contributed by atoms with Crippen LogP contribution in [0.3, 0.4) is 0 Å². The number of anilines is 2. The van der Waals surface area contributed by atoms with E-state index in [-0.39, 0.29) is 15.6 Å². The van der Waals surface area contributed by atoms with Gasteiger partial charge in [0, 0.05) is 28.4 Å². The van der Waals surface area contributed by atoms with Gasteiger partial charge in [0.15, 0.2) is 5.13 Å². The van der Waals surface area contributed by atoms with Gasteiger partial charge in [-0.2, -0.15) is 10.4 Å². The maximum Gasteiger partial charge on any atom is 0.266 e. The van der Waals surface area contributed by atoms with Crippen LogP contribution in [0.4, 0.5) is 15.2 Å². The first-order valence-electron chi connectivity index (χ1n) is 9.60. The zero-order chi connectivity index (χ0) is 24.1. The van der Waals surface area contributed by atoms with E-state index in [0.29, 0.717) is 22.5 Å². The van der Waals surface area contributed by atoms with E-state index < -0.39 is 21.7 Å². The van der Waals surface area contributed by atoms with Gasteiger partial charge >= 0.3 is 0 Å². The Labute approximate surface area is 197 Å². The third-order valence-electron chi connectivity index (χ3n) is 4.54. The molecule has 0 fully saturated rings. The number of aromatic nitrogens is 3. The molecule has 0 spiro atoms. The fourth-order valence-electron chi connectivity index (χ4n) is 2.92. The average molecular weight is 495 g/mol. The fourth-order valence-corrected chi connectivity index (χ4v) is 4.71. The van der Waals surface area contributed by atoms with Crippen LogP contribution in [0.15, 0.2) is 76.8 Å². The van der Waals surface area contributed by atoms with Crippen LogP contribution in [0.25, 0.3) is 17.3 Å². The van der Waals surface area contributed by atoms with Crippen molar-refractivity contribution < 1.29 is 17.6 Å². The molecule has 0 bridgehead atoms. The number of thiazole rings is 1. The normalized spacial score (nSPS) is 11.6. The van der Waals surface area contributed by atoms with Crippen molar-refractivity contribution in [2.75, 3.05) is 10.0 Å². The summed E-state index contributed by atoms with van der Waals surface area (Å²) >= 11 is 1.14. The third-order valence-corrected chi connectivity index (χ3v) is 6.72. The lowest BCUT2D eigenvalue weighted by Gasteiger charge is -2.08. The number of hydrogen-bond acceptors (Lipinski definition) is 7. The quantitative estimate of drug-likeness (QED) is 0.262. The highest BCUT2D eigenvalue weighted by Gasteiger charge is 2.17. The predicted molar refractivity (Wildman–Crippen MR) is 126 cm³/mol. The lowest BCUT2D eigenvalue weighted by atomic mass is 10.1. The van der Waals surface area contributed by atoms with Crippen LogP contribution in [-0.4, -0.2) is 29.5 Å². The van der Waals surface area contributed by atoms with Crippen LogP contribution >= 0.6 is 11.3 Å². The molecule has 12 heteroatoms.